The van der Waals surface area contributed by atoms with Gasteiger partial charge in [-0.3, -0.25) is 0 Å². The highest BCUT2D eigenvalue weighted by atomic mass is 32.2. The molecule has 0 spiro atoms. The molecule has 0 aliphatic heterocycles. The molecular formula is C10H13N3O3S. The number of benzene rings is 1. The van der Waals surface area contributed by atoms with Crippen LogP contribution in [0.15, 0.2) is 27.9 Å². The Morgan fingerprint density at radius 1 is 1.24 bits per heavy atom. The van der Waals surface area contributed by atoms with Crippen LogP contribution in [0.4, 0.5) is 0 Å². The minimum absolute atomic E-state index is 0.0314. The van der Waals surface area contributed by atoms with Crippen LogP contribution in [-0.4, -0.2) is 37.7 Å². The maximum Gasteiger partial charge on any atom is 0.323 e. The van der Waals surface area contributed by atoms with Crippen molar-refractivity contribution in [2.45, 2.75) is 4.90 Å². The molecule has 0 aliphatic carbocycles. The molecule has 3 N–H and O–H groups in total. The van der Waals surface area contributed by atoms with Crippen LogP contribution in [0.2, 0.25) is 0 Å². The average molecular weight is 255 g/mol. The standard InChI is InChI=1S/C10H13N3O3S/c1-11-4-5-17(15,16)7-2-3-8-9(6-7)13-10(14)12-8/h2-3,6,11H,4-5H2,1H3,(H2,12,13,14). The highest BCUT2D eigenvalue weighted by molar-refractivity contribution is 7.91. The molecule has 2 aromatic rings. The Kier molecular flexibility index (Phi) is 3.03. The molecule has 1 aromatic carbocycles. The number of H-pyrrole nitrogens is 2. The molecule has 7 heteroatoms. The molecule has 6 nitrogen and oxygen atoms in total. The second-order valence-corrected chi connectivity index (χ2v) is 5.82. The maximum atomic E-state index is 11.9. The summed E-state index contributed by atoms with van der Waals surface area (Å²) in [6.45, 7) is 0.393. The van der Waals surface area contributed by atoms with Gasteiger partial charge in [0.1, 0.15) is 0 Å². The second-order valence-electron chi connectivity index (χ2n) is 3.71. The fourth-order valence-electron chi connectivity index (χ4n) is 1.56. The normalized spacial score (nSPS) is 12.1. The van der Waals surface area contributed by atoms with E-state index in [9.17, 15) is 13.2 Å². The number of aromatic amines is 2. The number of aromatic nitrogens is 2. The minimum atomic E-state index is -3.30. The molecule has 0 saturated heterocycles. The van der Waals surface area contributed by atoms with E-state index in [1.165, 1.54) is 12.1 Å². The third-order valence-corrected chi connectivity index (χ3v) is 4.18. The highest BCUT2D eigenvalue weighted by Crippen LogP contribution is 2.15. The summed E-state index contributed by atoms with van der Waals surface area (Å²) >= 11 is 0. The van der Waals surface area contributed by atoms with Gasteiger partial charge in [-0.1, -0.05) is 0 Å². The Morgan fingerprint density at radius 2 is 1.94 bits per heavy atom. The number of nitrogens with one attached hydrogen (secondary N) is 3. The van der Waals surface area contributed by atoms with E-state index < -0.39 is 9.84 Å². The van der Waals surface area contributed by atoms with E-state index in [2.05, 4.69) is 15.3 Å². The quantitative estimate of drug-likeness (QED) is 0.708. The van der Waals surface area contributed by atoms with Crippen LogP contribution in [0.25, 0.3) is 11.0 Å². The second kappa shape index (κ2) is 4.34. The van der Waals surface area contributed by atoms with Gasteiger partial charge in [-0.2, -0.15) is 0 Å². The van der Waals surface area contributed by atoms with Crippen molar-refractivity contribution in [3.8, 4) is 0 Å². The Hall–Kier alpha value is -1.60. The van der Waals surface area contributed by atoms with E-state index in [1.54, 1.807) is 13.1 Å². The maximum absolute atomic E-state index is 11.9. The number of fused-ring (bicyclic) bond motifs is 1. The van der Waals surface area contributed by atoms with E-state index in [4.69, 9.17) is 0 Å². The van der Waals surface area contributed by atoms with Crippen LogP contribution in [0.3, 0.4) is 0 Å². The van der Waals surface area contributed by atoms with Gasteiger partial charge < -0.3 is 15.3 Å². The number of imidazole rings is 1. The zero-order valence-corrected chi connectivity index (χ0v) is 10.1. The van der Waals surface area contributed by atoms with Crippen LogP contribution in [0.1, 0.15) is 0 Å². The summed E-state index contributed by atoms with van der Waals surface area (Å²) in [5.41, 5.74) is 0.757. The predicted molar refractivity (Wildman–Crippen MR) is 64.9 cm³/mol. The van der Waals surface area contributed by atoms with Gasteiger partial charge >= 0.3 is 5.69 Å². The molecule has 0 bridgehead atoms. The van der Waals surface area contributed by atoms with E-state index in [0.717, 1.165) is 0 Å². The molecule has 1 aromatic heterocycles. The first-order chi connectivity index (χ1) is 8.03. The first kappa shape index (κ1) is 11.9. The molecule has 0 atom stereocenters. The van der Waals surface area contributed by atoms with Crippen LogP contribution in [0, 0.1) is 0 Å². The van der Waals surface area contributed by atoms with Crippen molar-refractivity contribution in [3.05, 3.63) is 28.7 Å². The molecule has 0 saturated carbocycles. The summed E-state index contributed by atoms with van der Waals surface area (Å²) < 4.78 is 23.8. The molecule has 0 amide bonds. The smallest absolute Gasteiger partial charge is 0.319 e. The monoisotopic (exact) mass is 255 g/mol. The minimum Gasteiger partial charge on any atom is -0.319 e. The number of hydrogen-bond acceptors (Lipinski definition) is 4. The lowest BCUT2D eigenvalue weighted by atomic mass is 10.3. The Bertz CT molecular complexity index is 684. The SMILES string of the molecule is CNCCS(=O)(=O)c1ccc2[nH]c(=O)[nH]c2c1. The van der Waals surface area contributed by atoms with E-state index in [1.807, 2.05) is 0 Å². The Labute approximate surface area is 98.0 Å². The summed E-state index contributed by atoms with van der Waals surface area (Å²) in [4.78, 5) is 16.4. The van der Waals surface area contributed by atoms with Gasteiger partial charge in [-0.05, 0) is 25.2 Å². The summed E-state index contributed by atoms with van der Waals surface area (Å²) in [6.07, 6.45) is 0. The van der Waals surface area contributed by atoms with Gasteiger partial charge in [0.05, 0.1) is 21.7 Å². The fourth-order valence-corrected chi connectivity index (χ4v) is 2.84. The highest BCUT2D eigenvalue weighted by Gasteiger charge is 2.14. The predicted octanol–water partition coefficient (Wildman–Crippen LogP) is -0.151. The van der Waals surface area contributed by atoms with Gasteiger partial charge in [0.15, 0.2) is 9.84 Å². The molecule has 0 unspecified atom stereocenters. The number of rotatable bonds is 4. The summed E-state index contributed by atoms with van der Waals surface area (Å²) in [7, 11) is -1.61. The molecule has 92 valence electrons. The van der Waals surface area contributed by atoms with E-state index >= 15 is 0 Å². The topological polar surface area (TPSA) is 94.8 Å². The zero-order valence-electron chi connectivity index (χ0n) is 9.28. The lowest BCUT2D eigenvalue weighted by Crippen LogP contribution is -2.19. The molecule has 17 heavy (non-hydrogen) atoms. The molecule has 0 radical (unpaired) electrons. The van der Waals surface area contributed by atoms with Crippen LogP contribution < -0.4 is 11.0 Å². The number of sulfone groups is 1. The van der Waals surface area contributed by atoms with Crippen molar-refractivity contribution in [3.63, 3.8) is 0 Å². The molecule has 0 aliphatic rings. The summed E-state index contributed by atoms with van der Waals surface area (Å²) in [5, 5.41) is 2.79. The molecular weight excluding hydrogens is 242 g/mol. The van der Waals surface area contributed by atoms with Crippen molar-refractivity contribution in [1.82, 2.24) is 15.3 Å². The summed E-state index contributed by atoms with van der Waals surface area (Å²) in [5.74, 6) is 0.0314. The third-order valence-electron chi connectivity index (χ3n) is 2.47. The van der Waals surface area contributed by atoms with Crippen LogP contribution in [0.5, 0.6) is 0 Å². The van der Waals surface area contributed by atoms with Gasteiger partial charge in [0.2, 0.25) is 0 Å². The van der Waals surface area contributed by atoms with Crippen molar-refractivity contribution in [2.24, 2.45) is 0 Å². The first-order valence-corrected chi connectivity index (χ1v) is 6.77. The van der Waals surface area contributed by atoms with Crippen molar-refractivity contribution in [2.75, 3.05) is 19.3 Å². The largest absolute Gasteiger partial charge is 0.323 e. The molecule has 2 rings (SSSR count). The van der Waals surface area contributed by atoms with Gasteiger partial charge in [-0.25, -0.2) is 13.2 Å². The summed E-state index contributed by atoms with van der Waals surface area (Å²) in [6, 6.07) is 4.55. The van der Waals surface area contributed by atoms with Crippen LogP contribution >= 0.6 is 0 Å². The van der Waals surface area contributed by atoms with E-state index in [0.29, 0.717) is 17.6 Å². The van der Waals surface area contributed by atoms with Crippen molar-refractivity contribution < 1.29 is 8.42 Å². The third kappa shape index (κ3) is 2.40. The average Bonchev–Trinajstić information content (AvgIpc) is 2.65. The number of hydrogen-bond donors (Lipinski definition) is 3. The molecule has 0 fully saturated rings. The zero-order chi connectivity index (χ0) is 12.5. The van der Waals surface area contributed by atoms with Gasteiger partial charge in [0.25, 0.3) is 0 Å². The Balaban J connectivity index is 2.45. The van der Waals surface area contributed by atoms with Gasteiger partial charge in [0, 0.05) is 6.54 Å². The lowest BCUT2D eigenvalue weighted by molar-refractivity contribution is 0.593. The first-order valence-electron chi connectivity index (χ1n) is 5.12. The van der Waals surface area contributed by atoms with Gasteiger partial charge in [-0.15, -0.1) is 0 Å². The Morgan fingerprint density at radius 3 is 2.65 bits per heavy atom. The lowest BCUT2D eigenvalue weighted by Gasteiger charge is -2.03. The van der Waals surface area contributed by atoms with Crippen molar-refractivity contribution >= 4 is 20.9 Å². The van der Waals surface area contributed by atoms with Crippen molar-refractivity contribution in [1.29, 1.82) is 0 Å². The fraction of sp³-hybridized carbons (Fsp3) is 0.300. The van der Waals surface area contributed by atoms with Crippen LogP contribution in [-0.2, 0) is 9.84 Å². The van der Waals surface area contributed by atoms with E-state index in [-0.39, 0.29) is 16.3 Å². The molecule has 1 heterocycles.